The van der Waals surface area contributed by atoms with Gasteiger partial charge in [-0.1, -0.05) is 0 Å². The van der Waals surface area contributed by atoms with Gasteiger partial charge >= 0.3 is 0 Å². The molecule has 110 valence electrons. The van der Waals surface area contributed by atoms with E-state index in [4.69, 9.17) is 9.47 Å². The normalized spacial score (nSPS) is 30.4. The molecule has 0 radical (unpaired) electrons. The maximum atomic E-state index is 10.5. The summed E-state index contributed by atoms with van der Waals surface area (Å²) in [4.78, 5) is 2.34. The number of hydrogen-bond donors (Lipinski definition) is 1. The quantitative estimate of drug-likeness (QED) is 0.855. The van der Waals surface area contributed by atoms with E-state index in [9.17, 15) is 5.11 Å². The zero-order valence-corrected chi connectivity index (χ0v) is 12.3. The van der Waals surface area contributed by atoms with E-state index in [1.165, 1.54) is 0 Å². The Morgan fingerprint density at radius 3 is 3.00 bits per heavy atom. The molecule has 1 fully saturated rings. The van der Waals surface area contributed by atoms with Crippen LogP contribution in [0.4, 0.5) is 0 Å². The van der Waals surface area contributed by atoms with Crippen LogP contribution in [0.2, 0.25) is 0 Å². The zero-order valence-electron chi connectivity index (χ0n) is 12.3. The molecule has 1 unspecified atom stereocenters. The highest BCUT2D eigenvalue weighted by Gasteiger charge is 2.41. The summed E-state index contributed by atoms with van der Waals surface area (Å²) in [5.74, 6) is 1.58. The lowest BCUT2D eigenvalue weighted by Crippen LogP contribution is -2.41. The molecule has 1 aromatic rings. The first-order chi connectivity index (χ1) is 9.62. The van der Waals surface area contributed by atoms with E-state index < -0.39 is 6.10 Å². The van der Waals surface area contributed by atoms with Crippen molar-refractivity contribution in [2.24, 2.45) is 0 Å². The highest BCUT2D eigenvalue weighted by atomic mass is 16.5. The first-order valence-electron chi connectivity index (χ1n) is 7.35. The number of fused-ring (bicyclic) bond motifs is 1. The molecule has 0 bridgehead atoms. The van der Waals surface area contributed by atoms with Gasteiger partial charge in [-0.3, -0.25) is 0 Å². The van der Waals surface area contributed by atoms with E-state index in [1.807, 2.05) is 18.2 Å². The zero-order chi connectivity index (χ0) is 14.2. The third kappa shape index (κ3) is 2.50. The average Bonchev–Trinajstić information content (AvgIpc) is 2.61. The summed E-state index contributed by atoms with van der Waals surface area (Å²) >= 11 is 0. The number of aliphatic hydroxyl groups excluding tert-OH is 1. The van der Waals surface area contributed by atoms with Crippen molar-refractivity contribution < 1.29 is 14.6 Å². The van der Waals surface area contributed by atoms with Gasteiger partial charge in [0.05, 0.1) is 13.2 Å². The van der Waals surface area contributed by atoms with Gasteiger partial charge in [-0.2, -0.15) is 0 Å². The fraction of sp³-hybridized carbons (Fsp3) is 0.625. The minimum Gasteiger partial charge on any atom is -0.497 e. The molecule has 0 saturated carbocycles. The van der Waals surface area contributed by atoms with Gasteiger partial charge in [-0.25, -0.2) is 0 Å². The Morgan fingerprint density at radius 1 is 1.35 bits per heavy atom. The number of rotatable bonds is 1. The second-order valence-electron chi connectivity index (χ2n) is 6.07. The van der Waals surface area contributed by atoms with Crippen LogP contribution in [0.25, 0.3) is 0 Å². The molecule has 1 N–H and O–H groups in total. The fourth-order valence-corrected chi connectivity index (χ4v) is 3.35. The van der Waals surface area contributed by atoms with Crippen molar-refractivity contribution in [1.82, 2.24) is 4.90 Å². The molecule has 0 aromatic heterocycles. The Kier molecular flexibility index (Phi) is 3.61. The van der Waals surface area contributed by atoms with Crippen molar-refractivity contribution in [2.45, 2.75) is 37.4 Å². The number of methoxy groups -OCH3 is 1. The minimum atomic E-state index is -0.461. The van der Waals surface area contributed by atoms with Gasteiger partial charge < -0.3 is 19.5 Å². The Labute approximate surface area is 120 Å². The monoisotopic (exact) mass is 277 g/mol. The lowest BCUT2D eigenvalue weighted by Gasteiger charge is -2.40. The van der Waals surface area contributed by atoms with Crippen molar-refractivity contribution in [1.29, 1.82) is 0 Å². The molecule has 1 spiro atoms. The van der Waals surface area contributed by atoms with Crippen LogP contribution in [0.5, 0.6) is 11.5 Å². The number of nitrogens with zero attached hydrogens (tertiary/aromatic N) is 1. The van der Waals surface area contributed by atoms with E-state index in [0.717, 1.165) is 49.4 Å². The lowest BCUT2D eigenvalue weighted by atomic mass is 9.83. The third-order valence-corrected chi connectivity index (χ3v) is 4.59. The molecule has 2 atom stereocenters. The molecular weight excluding hydrogens is 254 g/mol. The summed E-state index contributed by atoms with van der Waals surface area (Å²) in [5, 5.41) is 10.5. The van der Waals surface area contributed by atoms with E-state index in [0.29, 0.717) is 6.42 Å². The number of likely N-dealkylation sites (tertiary alicyclic amines) is 1. The summed E-state index contributed by atoms with van der Waals surface area (Å²) < 4.78 is 11.5. The van der Waals surface area contributed by atoms with Gasteiger partial charge in [-0.05, 0) is 51.1 Å². The van der Waals surface area contributed by atoms with Crippen molar-refractivity contribution in [3.63, 3.8) is 0 Å². The van der Waals surface area contributed by atoms with E-state index in [1.54, 1.807) is 7.11 Å². The standard InChI is InChI=1S/C16H23NO3/c1-17-8-3-6-16(7-9-17)11-14(18)13-10-12(19-2)4-5-15(13)20-16/h4-5,10,14,18H,3,6-9,11H2,1-2H3/t14-,16?/m1/s1. The van der Waals surface area contributed by atoms with Crippen LogP contribution in [0.3, 0.4) is 0 Å². The molecule has 2 aliphatic heterocycles. The maximum Gasteiger partial charge on any atom is 0.126 e. The topological polar surface area (TPSA) is 41.9 Å². The SMILES string of the molecule is COc1ccc2c(c1)[C@H](O)CC1(CCCN(C)CC1)O2. The highest BCUT2D eigenvalue weighted by molar-refractivity contribution is 5.43. The van der Waals surface area contributed by atoms with Crippen molar-refractivity contribution >= 4 is 0 Å². The van der Waals surface area contributed by atoms with Crippen LogP contribution in [0, 0.1) is 0 Å². The molecule has 1 aromatic carbocycles. The first kappa shape index (κ1) is 13.7. The number of hydrogen-bond acceptors (Lipinski definition) is 4. The predicted octanol–water partition coefficient (Wildman–Crippen LogP) is 2.37. The Hall–Kier alpha value is -1.26. The van der Waals surface area contributed by atoms with E-state index in [-0.39, 0.29) is 5.60 Å². The van der Waals surface area contributed by atoms with Crippen LogP contribution in [-0.4, -0.2) is 42.9 Å². The lowest BCUT2D eigenvalue weighted by molar-refractivity contribution is -0.0237. The van der Waals surface area contributed by atoms with Crippen molar-refractivity contribution in [2.75, 3.05) is 27.2 Å². The third-order valence-electron chi connectivity index (χ3n) is 4.59. The van der Waals surface area contributed by atoms with Gasteiger partial charge in [0, 0.05) is 18.5 Å². The maximum absolute atomic E-state index is 10.5. The van der Waals surface area contributed by atoms with Crippen LogP contribution < -0.4 is 9.47 Å². The second-order valence-corrected chi connectivity index (χ2v) is 6.07. The summed E-state index contributed by atoms with van der Waals surface area (Å²) in [5.41, 5.74) is 0.652. The Morgan fingerprint density at radius 2 is 2.20 bits per heavy atom. The molecule has 4 heteroatoms. The first-order valence-corrected chi connectivity index (χ1v) is 7.35. The summed E-state index contributed by atoms with van der Waals surface area (Å²) in [6.07, 6.45) is 3.33. The largest absolute Gasteiger partial charge is 0.497 e. The number of ether oxygens (including phenoxy) is 2. The van der Waals surface area contributed by atoms with Crippen molar-refractivity contribution in [3.05, 3.63) is 23.8 Å². The molecule has 1 saturated heterocycles. The summed E-state index contributed by atoms with van der Waals surface area (Å²) in [6.45, 7) is 2.13. The van der Waals surface area contributed by atoms with Crippen LogP contribution >= 0.6 is 0 Å². The number of aliphatic hydroxyl groups is 1. The highest BCUT2D eigenvalue weighted by Crippen LogP contribution is 2.45. The molecule has 0 amide bonds. The number of benzene rings is 1. The van der Waals surface area contributed by atoms with Crippen LogP contribution in [0.1, 0.15) is 37.4 Å². The van der Waals surface area contributed by atoms with E-state index >= 15 is 0 Å². The average molecular weight is 277 g/mol. The fourth-order valence-electron chi connectivity index (χ4n) is 3.35. The van der Waals surface area contributed by atoms with Gasteiger partial charge in [0.25, 0.3) is 0 Å². The molecule has 0 aliphatic carbocycles. The predicted molar refractivity (Wildman–Crippen MR) is 77.3 cm³/mol. The van der Waals surface area contributed by atoms with Crippen LogP contribution in [-0.2, 0) is 0 Å². The van der Waals surface area contributed by atoms with Gasteiger partial charge in [0.1, 0.15) is 17.1 Å². The van der Waals surface area contributed by atoms with Crippen LogP contribution in [0.15, 0.2) is 18.2 Å². The van der Waals surface area contributed by atoms with E-state index in [2.05, 4.69) is 11.9 Å². The summed E-state index contributed by atoms with van der Waals surface area (Å²) in [6, 6.07) is 5.70. The smallest absolute Gasteiger partial charge is 0.126 e. The van der Waals surface area contributed by atoms with Gasteiger partial charge in [-0.15, -0.1) is 0 Å². The molecule has 2 aliphatic rings. The molecule has 4 nitrogen and oxygen atoms in total. The second kappa shape index (κ2) is 5.26. The minimum absolute atomic E-state index is 0.203. The summed E-state index contributed by atoms with van der Waals surface area (Å²) in [7, 11) is 3.79. The molecule has 3 rings (SSSR count). The van der Waals surface area contributed by atoms with Gasteiger partial charge in [0.15, 0.2) is 0 Å². The molecule has 20 heavy (non-hydrogen) atoms. The van der Waals surface area contributed by atoms with Crippen molar-refractivity contribution in [3.8, 4) is 11.5 Å². The Bertz CT molecular complexity index is 491. The van der Waals surface area contributed by atoms with Gasteiger partial charge in [0.2, 0.25) is 0 Å². The Balaban J connectivity index is 1.88. The molecular formula is C16H23NO3. The molecule has 2 heterocycles.